The van der Waals surface area contributed by atoms with Crippen molar-refractivity contribution in [3.05, 3.63) is 58.3 Å². The lowest BCUT2D eigenvalue weighted by atomic mass is 10.2. The number of hydrogen-bond donors (Lipinski definition) is 2. The SMILES string of the molecule is COc1ccc(CNc2nccc(SC3=CNCN3C)c2Cl)cc1. The molecule has 0 saturated heterocycles. The first kappa shape index (κ1) is 16.8. The molecular formula is C17H19ClN4OS. The summed E-state index contributed by atoms with van der Waals surface area (Å²) in [4.78, 5) is 7.46. The van der Waals surface area contributed by atoms with Crippen LogP contribution < -0.4 is 15.4 Å². The average molecular weight is 363 g/mol. The Bertz CT molecular complexity index is 736. The highest BCUT2D eigenvalue weighted by atomic mass is 35.5. The lowest BCUT2D eigenvalue weighted by Gasteiger charge is -2.15. The molecule has 24 heavy (non-hydrogen) atoms. The number of methoxy groups -OCH3 is 1. The average Bonchev–Trinajstić information content (AvgIpc) is 3.01. The summed E-state index contributed by atoms with van der Waals surface area (Å²) in [6.45, 7) is 1.46. The molecule has 0 unspecified atom stereocenters. The fourth-order valence-electron chi connectivity index (χ4n) is 2.24. The van der Waals surface area contributed by atoms with Crippen molar-refractivity contribution in [3.63, 3.8) is 0 Å². The van der Waals surface area contributed by atoms with Gasteiger partial charge in [-0.05, 0) is 23.8 Å². The van der Waals surface area contributed by atoms with Crippen molar-refractivity contribution >= 4 is 29.2 Å². The minimum atomic E-state index is 0.636. The third kappa shape index (κ3) is 3.88. The Morgan fingerprint density at radius 2 is 2.12 bits per heavy atom. The molecule has 0 saturated carbocycles. The van der Waals surface area contributed by atoms with Crippen LogP contribution in [0.1, 0.15) is 5.56 Å². The molecule has 0 atom stereocenters. The number of rotatable bonds is 6. The van der Waals surface area contributed by atoms with E-state index < -0.39 is 0 Å². The summed E-state index contributed by atoms with van der Waals surface area (Å²) in [6, 6.07) is 9.84. The summed E-state index contributed by atoms with van der Waals surface area (Å²) in [7, 11) is 3.70. The number of ether oxygens (including phenoxy) is 1. The van der Waals surface area contributed by atoms with Gasteiger partial charge in [-0.3, -0.25) is 0 Å². The minimum Gasteiger partial charge on any atom is -0.497 e. The first-order chi connectivity index (χ1) is 11.7. The van der Waals surface area contributed by atoms with E-state index in [0.29, 0.717) is 17.4 Å². The van der Waals surface area contributed by atoms with Gasteiger partial charge in [0.1, 0.15) is 11.6 Å². The highest BCUT2D eigenvalue weighted by Crippen LogP contribution is 2.37. The molecule has 126 valence electrons. The zero-order chi connectivity index (χ0) is 16.9. The molecule has 0 aliphatic carbocycles. The number of nitrogens with one attached hydrogen (secondary N) is 2. The van der Waals surface area contributed by atoms with Gasteiger partial charge in [0.2, 0.25) is 0 Å². The van der Waals surface area contributed by atoms with Gasteiger partial charge in [-0.2, -0.15) is 0 Å². The van der Waals surface area contributed by atoms with E-state index in [-0.39, 0.29) is 0 Å². The van der Waals surface area contributed by atoms with E-state index in [2.05, 4.69) is 20.5 Å². The van der Waals surface area contributed by atoms with Crippen molar-refractivity contribution in [1.29, 1.82) is 0 Å². The van der Waals surface area contributed by atoms with Crippen LogP contribution in [0.25, 0.3) is 0 Å². The molecule has 2 N–H and O–H groups in total. The van der Waals surface area contributed by atoms with Gasteiger partial charge in [-0.15, -0.1) is 0 Å². The van der Waals surface area contributed by atoms with Gasteiger partial charge in [0.05, 0.1) is 23.8 Å². The highest BCUT2D eigenvalue weighted by molar-refractivity contribution is 8.03. The zero-order valence-corrected chi connectivity index (χ0v) is 15.1. The van der Waals surface area contributed by atoms with Crippen LogP contribution in [-0.4, -0.2) is 30.7 Å². The molecule has 0 amide bonds. The van der Waals surface area contributed by atoms with E-state index in [1.165, 1.54) is 0 Å². The fourth-order valence-corrected chi connectivity index (χ4v) is 3.43. The molecule has 7 heteroatoms. The van der Waals surface area contributed by atoms with Crippen molar-refractivity contribution in [1.82, 2.24) is 15.2 Å². The smallest absolute Gasteiger partial charge is 0.146 e. The predicted octanol–water partition coefficient (Wildman–Crippen LogP) is 3.74. The van der Waals surface area contributed by atoms with Gasteiger partial charge >= 0.3 is 0 Å². The molecule has 0 radical (unpaired) electrons. The van der Waals surface area contributed by atoms with Crippen molar-refractivity contribution in [2.24, 2.45) is 0 Å². The number of anilines is 1. The molecule has 0 bridgehead atoms. The Kier molecular flexibility index (Phi) is 5.37. The molecule has 1 aliphatic rings. The number of halogens is 1. The summed E-state index contributed by atoms with van der Waals surface area (Å²) >= 11 is 8.14. The van der Waals surface area contributed by atoms with Gasteiger partial charge in [0, 0.05) is 30.9 Å². The van der Waals surface area contributed by atoms with Gasteiger partial charge in [-0.1, -0.05) is 35.5 Å². The lowest BCUT2D eigenvalue weighted by molar-refractivity contribution is 0.414. The standard InChI is InChI=1S/C17H19ClN4OS/c1-22-11-19-10-15(22)24-14-7-8-20-17(16(14)18)21-9-12-3-5-13(23-2)6-4-12/h3-8,10,19H,9,11H2,1-2H3,(H,20,21). The Morgan fingerprint density at radius 3 is 2.79 bits per heavy atom. The summed E-state index contributed by atoms with van der Waals surface area (Å²) < 4.78 is 5.17. The molecule has 0 spiro atoms. The number of aromatic nitrogens is 1. The van der Waals surface area contributed by atoms with E-state index in [4.69, 9.17) is 16.3 Å². The third-order valence-electron chi connectivity index (χ3n) is 3.62. The van der Waals surface area contributed by atoms with E-state index in [1.54, 1.807) is 25.1 Å². The Balaban J connectivity index is 1.68. The van der Waals surface area contributed by atoms with E-state index in [1.807, 2.05) is 43.6 Å². The maximum absolute atomic E-state index is 6.52. The van der Waals surface area contributed by atoms with Crippen molar-refractivity contribution < 1.29 is 4.74 Å². The summed E-state index contributed by atoms with van der Waals surface area (Å²) in [5.74, 6) is 1.53. The van der Waals surface area contributed by atoms with Gasteiger partial charge in [0.15, 0.2) is 0 Å². The fraction of sp³-hybridized carbons (Fsp3) is 0.235. The number of nitrogens with zero attached hydrogens (tertiary/aromatic N) is 2. The van der Waals surface area contributed by atoms with E-state index in [9.17, 15) is 0 Å². The zero-order valence-electron chi connectivity index (χ0n) is 13.5. The van der Waals surface area contributed by atoms with Crippen LogP contribution >= 0.6 is 23.4 Å². The first-order valence-corrected chi connectivity index (χ1v) is 8.70. The maximum Gasteiger partial charge on any atom is 0.146 e. The van der Waals surface area contributed by atoms with E-state index in [0.717, 1.165) is 27.9 Å². The van der Waals surface area contributed by atoms with Crippen molar-refractivity contribution in [3.8, 4) is 5.75 Å². The van der Waals surface area contributed by atoms with Crippen molar-refractivity contribution in [2.45, 2.75) is 11.4 Å². The Morgan fingerprint density at radius 1 is 1.33 bits per heavy atom. The van der Waals surface area contributed by atoms with Crippen LogP contribution in [-0.2, 0) is 6.54 Å². The van der Waals surface area contributed by atoms with Crippen molar-refractivity contribution in [2.75, 3.05) is 26.1 Å². The number of thioether (sulfide) groups is 1. The van der Waals surface area contributed by atoms with Crippen LogP contribution in [0.15, 0.2) is 52.7 Å². The molecule has 2 aromatic rings. The summed E-state index contributed by atoms with van der Waals surface area (Å²) in [6.07, 6.45) is 3.76. The van der Waals surface area contributed by atoms with Crippen LogP contribution in [0.3, 0.4) is 0 Å². The Hall–Kier alpha value is -2.05. The predicted molar refractivity (Wildman–Crippen MR) is 99.3 cm³/mol. The lowest BCUT2D eigenvalue weighted by Crippen LogP contribution is -2.17. The molecule has 1 aromatic heterocycles. The van der Waals surface area contributed by atoms with Crippen LogP contribution in [0.4, 0.5) is 5.82 Å². The molecule has 1 aromatic carbocycles. The maximum atomic E-state index is 6.52. The monoisotopic (exact) mass is 362 g/mol. The highest BCUT2D eigenvalue weighted by Gasteiger charge is 2.15. The van der Waals surface area contributed by atoms with Gasteiger partial charge in [0.25, 0.3) is 0 Å². The normalized spacial score (nSPS) is 13.5. The molecule has 5 nitrogen and oxygen atoms in total. The second-order valence-electron chi connectivity index (χ2n) is 5.32. The first-order valence-electron chi connectivity index (χ1n) is 7.51. The molecule has 2 heterocycles. The van der Waals surface area contributed by atoms with E-state index >= 15 is 0 Å². The molecular weight excluding hydrogens is 344 g/mol. The quantitative estimate of drug-likeness (QED) is 0.816. The largest absolute Gasteiger partial charge is 0.497 e. The van der Waals surface area contributed by atoms with Gasteiger partial charge in [-0.25, -0.2) is 4.98 Å². The number of pyridine rings is 1. The van der Waals surface area contributed by atoms with Crippen LogP contribution in [0.2, 0.25) is 5.02 Å². The second-order valence-corrected chi connectivity index (χ2v) is 6.76. The molecule has 1 aliphatic heterocycles. The van der Waals surface area contributed by atoms with Crippen LogP contribution in [0.5, 0.6) is 5.75 Å². The summed E-state index contributed by atoms with van der Waals surface area (Å²) in [5.41, 5.74) is 1.13. The van der Waals surface area contributed by atoms with Crippen LogP contribution in [0, 0.1) is 0 Å². The topological polar surface area (TPSA) is 49.4 Å². The second kappa shape index (κ2) is 7.68. The molecule has 3 rings (SSSR count). The number of hydrogen-bond acceptors (Lipinski definition) is 6. The minimum absolute atomic E-state index is 0.636. The molecule has 0 fully saturated rings. The van der Waals surface area contributed by atoms with Gasteiger partial charge < -0.3 is 20.3 Å². The number of benzene rings is 1. The summed E-state index contributed by atoms with van der Waals surface area (Å²) in [5, 5.41) is 8.25. The Labute approximate surface area is 151 Å². The third-order valence-corrected chi connectivity index (χ3v) is 5.31.